The molecule has 0 bridgehead atoms. The van der Waals surface area contributed by atoms with Gasteiger partial charge in [-0.1, -0.05) is 120 Å². The first-order valence-corrected chi connectivity index (χ1v) is 23.9. The van der Waals surface area contributed by atoms with Crippen LogP contribution in [0.3, 0.4) is 0 Å². The van der Waals surface area contributed by atoms with Crippen LogP contribution >= 0.6 is 0 Å². The van der Waals surface area contributed by atoms with Gasteiger partial charge in [0, 0.05) is 42.7 Å². The molecule has 2 aromatic carbocycles. The molecule has 2 heterocycles. The summed E-state index contributed by atoms with van der Waals surface area (Å²) < 4.78 is 34.9. The maximum atomic E-state index is 10.8. The van der Waals surface area contributed by atoms with Crippen molar-refractivity contribution in [3.8, 4) is 35.7 Å². The topological polar surface area (TPSA) is 92.7 Å². The van der Waals surface area contributed by atoms with Gasteiger partial charge in [0.2, 0.25) is 0 Å². The number of allylic oxidation sites excluding steroid dienone is 2. The zero-order valence-electron chi connectivity index (χ0n) is 39.4. The quantitative estimate of drug-likeness (QED) is 0.0391. The minimum atomic E-state index is -0.863. The first-order valence-electron chi connectivity index (χ1n) is 23.9. The summed E-state index contributed by atoms with van der Waals surface area (Å²) in [5.74, 6) is 10.3. The molecule has 2 aromatic rings. The Morgan fingerprint density at radius 1 is 0.719 bits per heavy atom. The molecule has 8 nitrogen and oxygen atoms in total. The van der Waals surface area contributed by atoms with Gasteiger partial charge in [0.05, 0.1) is 12.2 Å². The summed E-state index contributed by atoms with van der Waals surface area (Å²) in [5, 5.41) is 10.7. The molecule has 2 fully saturated rings. The van der Waals surface area contributed by atoms with Crippen molar-refractivity contribution in [2.24, 2.45) is 0 Å². The molecule has 352 valence electrons. The van der Waals surface area contributed by atoms with Crippen LogP contribution in [0, 0.1) is 24.2 Å². The van der Waals surface area contributed by atoms with E-state index in [-0.39, 0.29) is 18.7 Å². The Morgan fingerprint density at radius 3 is 1.73 bits per heavy atom. The van der Waals surface area contributed by atoms with Crippen LogP contribution in [0.15, 0.2) is 87.0 Å². The number of terminal acetylenes is 1. The highest BCUT2D eigenvalue weighted by atomic mass is 16.7. The second-order valence-electron chi connectivity index (χ2n) is 16.1. The molecule has 0 aliphatic carbocycles. The lowest BCUT2D eigenvalue weighted by molar-refractivity contribution is -0.190. The molecule has 5 unspecified atom stereocenters. The Labute approximate surface area is 387 Å². The van der Waals surface area contributed by atoms with Crippen molar-refractivity contribution in [3.05, 3.63) is 109 Å². The molecule has 0 saturated carbocycles. The van der Waals surface area contributed by atoms with E-state index in [0.717, 1.165) is 105 Å². The van der Waals surface area contributed by atoms with Crippen LogP contribution in [0.5, 0.6) is 11.5 Å². The summed E-state index contributed by atoms with van der Waals surface area (Å²) in [7, 11) is 0. The molecule has 2 aliphatic heterocycles. The maximum absolute atomic E-state index is 10.8. The summed E-state index contributed by atoms with van der Waals surface area (Å²) in [4.78, 5) is 10.8. The van der Waals surface area contributed by atoms with E-state index >= 15 is 0 Å². The number of rotatable bonds is 28. The fraction of sp³-hybridized carbons (Fsp3) is 0.554. The lowest BCUT2D eigenvalue weighted by atomic mass is 9.98. The molecule has 8 heteroatoms. The minimum absolute atomic E-state index is 0.0214. The fourth-order valence-corrected chi connectivity index (χ4v) is 7.42. The smallest absolute Gasteiger partial charge is 0.157 e. The second-order valence-corrected chi connectivity index (χ2v) is 16.1. The van der Waals surface area contributed by atoms with E-state index in [1.807, 2.05) is 30.3 Å². The van der Waals surface area contributed by atoms with E-state index < -0.39 is 6.10 Å². The Morgan fingerprint density at radius 2 is 1.25 bits per heavy atom. The summed E-state index contributed by atoms with van der Waals surface area (Å²) >= 11 is 0. The summed E-state index contributed by atoms with van der Waals surface area (Å²) in [5.41, 5.74) is 3.22. The van der Waals surface area contributed by atoms with Crippen molar-refractivity contribution in [1.29, 1.82) is 0 Å². The standard InChI is InChI=1S/C28H40O4.C15H26O2.C13H14O2/c1-4-7-8-15-23(32-28-20-11-12-22-31-28)16-9-10-18-26(29)24-17-13-19-27(30-21-6-3)25(24)14-5-2;1-3-5-7-11-14(10-6-4-2)17-15-12-8-9-13-16-15;1-3-6-12-11(10-14)7-5-8-13(12)15-9-4-2/h5-6,13,17,19,23,26,28-29H,2-4,7-9,11-12,14-16,20-22H2,1H3;2,14-15H,3,5-13H2,1H3;3-5,7-8,10H,1-2,6,9H2. The highest BCUT2D eigenvalue weighted by Gasteiger charge is 2.21. The van der Waals surface area contributed by atoms with Crippen LogP contribution in [0.1, 0.15) is 163 Å². The number of aldehydes is 1. The molecule has 4 rings (SSSR count). The molecule has 0 spiro atoms. The van der Waals surface area contributed by atoms with Crippen LogP contribution in [-0.2, 0) is 31.8 Å². The molecule has 5 atom stereocenters. The van der Waals surface area contributed by atoms with Gasteiger partial charge >= 0.3 is 0 Å². The van der Waals surface area contributed by atoms with Gasteiger partial charge in [-0.2, -0.15) is 0 Å². The van der Waals surface area contributed by atoms with Crippen molar-refractivity contribution >= 4 is 6.29 Å². The summed E-state index contributed by atoms with van der Waals surface area (Å²) in [6, 6.07) is 11.1. The lowest BCUT2D eigenvalue weighted by Gasteiger charge is -2.27. The number of carbonyl (C=O) groups is 1. The number of benzene rings is 2. The van der Waals surface area contributed by atoms with Crippen LogP contribution in [0.4, 0.5) is 0 Å². The average Bonchev–Trinajstić information content (AvgIpc) is 3.32. The number of hydrogen-bond acceptors (Lipinski definition) is 8. The predicted octanol–water partition coefficient (Wildman–Crippen LogP) is 13.0. The molecule has 0 amide bonds. The molecule has 64 heavy (non-hydrogen) atoms. The van der Waals surface area contributed by atoms with Crippen LogP contribution in [-0.4, -0.2) is 62.6 Å². The van der Waals surface area contributed by atoms with E-state index in [4.69, 9.17) is 34.8 Å². The maximum Gasteiger partial charge on any atom is 0.157 e. The van der Waals surface area contributed by atoms with E-state index in [1.54, 1.807) is 30.4 Å². The number of unbranched alkanes of at least 4 members (excludes halogenated alkanes) is 4. The third-order valence-corrected chi connectivity index (χ3v) is 10.8. The van der Waals surface area contributed by atoms with Gasteiger partial charge < -0.3 is 33.5 Å². The molecule has 2 aliphatic rings. The third-order valence-electron chi connectivity index (χ3n) is 10.8. The first kappa shape index (κ1) is 55.7. The van der Waals surface area contributed by atoms with E-state index in [1.165, 1.54) is 51.4 Å². The SMILES string of the molecule is C#CCCC(CCCCC)OC1CCCCO1.C=CCOc1cccc(C(O)C#CCCC(CCCCC)OC2CCCCO2)c1CC=C.C=CCOc1cccc(C=O)c1CC=C. The molecule has 1 N–H and O–H groups in total. The normalized spacial score (nSPS) is 16.8. The number of aliphatic hydroxyl groups is 1. The number of hydrogen-bond donors (Lipinski definition) is 1. The van der Waals surface area contributed by atoms with Crippen molar-refractivity contribution < 1.29 is 38.3 Å². The summed E-state index contributed by atoms with van der Waals surface area (Å²) in [6.07, 6.45) is 33.4. The lowest BCUT2D eigenvalue weighted by Crippen LogP contribution is -2.28. The highest BCUT2D eigenvalue weighted by Crippen LogP contribution is 2.29. The van der Waals surface area contributed by atoms with Gasteiger partial charge in [-0.3, -0.25) is 4.79 Å². The second kappa shape index (κ2) is 36.9. The van der Waals surface area contributed by atoms with Crippen LogP contribution < -0.4 is 9.47 Å². The van der Waals surface area contributed by atoms with E-state index in [9.17, 15) is 9.90 Å². The third kappa shape index (κ3) is 23.5. The monoisotopic (exact) mass is 881 g/mol. The fourth-order valence-electron chi connectivity index (χ4n) is 7.42. The minimum Gasteiger partial charge on any atom is -0.489 e. The molecule has 2 saturated heterocycles. The Hall–Kier alpha value is -4.41. The van der Waals surface area contributed by atoms with Crippen molar-refractivity contribution in [3.63, 3.8) is 0 Å². The molecule has 0 radical (unpaired) electrons. The van der Waals surface area contributed by atoms with E-state index in [0.29, 0.717) is 44.1 Å². The molecular weight excluding hydrogens is 801 g/mol. The molecule has 0 aromatic heterocycles. The average molecular weight is 881 g/mol. The van der Waals surface area contributed by atoms with E-state index in [2.05, 4.69) is 57.9 Å². The predicted molar refractivity (Wildman–Crippen MR) is 263 cm³/mol. The number of carbonyl (C=O) groups excluding carboxylic acids is 1. The Kier molecular flexibility index (Phi) is 32.1. The van der Waals surface area contributed by atoms with Crippen molar-refractivity contribution in [2.45, 2.75) is 173 Å². The first-order chi connectivity index (χ1) is 31.4. The van der Waals surface area contributed by atoms with Crippen LogP contribution in [0.25, 0.3) is 0 Å². The zero-order chi connectivity index (χ0) is 46.5. The Balaban J connectivity index is 0.000000368. The Bertz CT molecular complexity index is 1690. The van der Waals surface area contributed by atoms with Gasteiger partial charge in [0.1, 0.15) is 37.1 Å². The van der Waals surface area contributed by atoms with Gasteiger partial charge in [-0.25, -0.2) is 0 Å². The van der Waals surface area contributed by atoms with Crippen molar-refractivity contribution in [1.82, 2.24) is 0 Å². The molecular formula is C56H80O8. The van der Waals surface area contributed by atoms with Gasteiger partial charge in [-0.05, 0) is 94.7 Å². The number of aliphatic hydroxyl groups excluding tert-OH is 1. The largest absolute Gasteiger partial charge is 0.489 e. The summed E-state index contributed by atoms with van der Waals surface area (Å²) in [6.45, 7) is 21.7. The van der Waals surface area contributed by atoms with Crippen molar-refractivity contribution in [2.75, 3.05) is 26.4 Å². The van der Waals surface area contributed by atoms with Crippen LogP contribution in [0.2, 0.25) is 0 Å². The zero-order valence-corrected chi connectivity index (χ0v) is 39.4. The van der Waals surface area contributed by atoms with Gasteiger partial charge in [0.25, 0.3) is 0 Å². The van der Waals surface area contributed by atoms with Gasteiger partial charge in [0.15, 0.2) is 12.6 Å². The van der Waals surface area contributed by atoms with Gasteiger partial charge in [-0.15, -0.1) is 31.4 Å². The number of ether oxygens (including phenoxy) is 6. The highest BCUT2D eigenvalue weighted by molar-refractivity contribution is 5.78.